The number of aliphatic carboxylic acids is 2. The number of ether oxygens (including phenoxy) is 4. The summed E-state index contributed by atoms with van der Waals surface area (Å²) in [6.45, 7) is -2.97. The molecule has 2 aliphatic carbocycles. The number of fused-ring (bicyclic) bond motifs is 16. The lowest BCUT2D eigenvalue weighted by Gasteiger charge is -2.20. The van der Waals surface area contributed by atoms with Gasteiger partial charge in [-0.2, -0.15) is 0 Å². The van der Waals surface area contributed by atoms with Crippen molar-refractivity contribution in [2.75, 3.05) is 26.4 Å². The molecule has 2 aromatic heterocycles. The summed E-state index contributed by atoms with van der Waals surface area (Å²) >= 11 is 0. The first-order valence-electron chi connectivity index (χ1n) is 32.7. The fourth-order valence-electron chi connectivity index (χ4n) is 13.0. The van der Waals surface area contributed by atoms with Crippen molar-refractivity contribution >= 4 is 46.5 Å². The Balaban J connectivity index is 0.755. The topological polar surface area (TPSA) is 449 Å². The lowest BCUT2D eigenvalue weighted by atomic mass is 9.91. The number of nitro groups is 4. The SMILES string of the molecule is O=C(O)COc1c2cccc1Cc1cc([N+](=O)[O-])cc(c1O)Cc1cccc(c1OCC(=O)NCc1ccnc(-c3cc(CNC(=O)COc4c5cccc4Cc4cc([N+](=O)[O-])cc(c4O)Cc4cccc(c4OCC(=O)O)Cc4cc([N+](=O)[O-])cc(c4O)C5)ccn3)c1)Cc1cc([N+](=O)[O-])cc(c1O)C2. The molecule has 2 heterocycles. The Morgan fingerprint density at radius 3 is 0.764 bits per heavy atom. The number of non-ortho nitro benzene ring substituents is 4. The number of carbonyl (C=O) groups excluding carboxylic acids is 2. The number of aromatic hydroxyl groups is 4. The van der Waals surface area contributed by atoms with Crippen molar-refractivity contribution < 1.29 is 88.5 Å². The molecule has 0 unspecified atom stereocenters. The molecule has 106 heavy (non-hydrogen) atoms. The largest absolute Gasteiger partial charge is 0.507 e. The Bertz CT molecular complexity index is 4710. The van der Waals surface area contributed by atoms with Crippen LogP contribution in [0.15, 0.2) is 158 Å². The minimum absolute atomic E-state index is 0.0296. The van der Waals surface area contributed by atoms with Gasteiger partial charge >= 0.3 is 11.9 Å². The third-order valence-corrected chi connectivity index (χ3v) is 17.9. The first-order chi connectivity index (χ1) is 50.9. The zero-order valence-corrected chi connectivity index (χ0v) is 55.8. The lowest BCUT2D eigenvalue weighted by molar-refractivity contribution is -0.385. The number of nitro benzene ring substituents is 4. The number of phenols is 4. The van der Waals surface area contributed by atoms with Gasteiger partial charge in [-0.05, 0) is 79.9 Å². The number of hydrogen-bond acceptors (Lipinski definition) is 22. The fourth-order valence-corrected chi connectivity index (χ4v) is 13.0. The molecule has 0 fully saturated rings. The van der Waals surface area contributed by atoms with Crippen molar-refractivity contribution in [2.45, 2.75) is 64.5 Å². The van der Waals surface area contributed by atoms with E-state index < -0.39 is 69.9 Å². The van der Waals surface area contributed by atoms with E-state index in [-0.39, 0.29) is 178 Å². The molecule has 8 aromatic carbocycles. The van der Waals surface area contributed by atoms with Gasteiger partial charge in [0.1, 0.15) is 46.0 Å². The Labute approximate surface area is 600 Å². The maximum absolute atomic E-state index is 13.9. The summed E-state index contributed by atoms with van der Waals surface area (Å²) in [4.78, 5) is 108. The number of rotatable bonds is 21. The van der Waals surface area contributed by atoms with Gasteiger partial charge in [0.25, 0.3) is 34.6 Å². The fraction of sp³-hybridized carbons (Fsp3) is 0.184. The van der Waals surface area contributed by atoms with Crippen molar-refractivity contribution in [3.63, 3.8) is 0 Å². The summed E-state index contributed by atoms with van der Waals surface area (Å²) in [5, 5.41) is 122. The van der Waals surface area contributed by atoms with Gasteiger partial charge < -0.3 is 60.2 Å². The van der Waals surface area contributed by atoms with Gasteiger partial charge in [-0.25, -0.2) is 9.59 Å². The van der Waals surface area contributed by atoms with Crippen molar-refractivity contribution in [3.8, 4) is 57.4 Å². The molecule has 2 aliphatic rings. The highest BCUT2D eigenvalue weighted by Crippen LogP contribution is 2.44. The Kier molecular flexibility index (Phi) is 21.0. The number of hydrogen-bond donors (Lipinski definition) is 8. The zero-order valence-electron chi connectivity index (χ0n) is 55.8. The number of pyridine rings is 2. The van der Waals surface area contributed by atoms with Crippen LogP contribution >= 0.6 is 0 Å². The van der Waals surface area contributed by atoms with E-state index in [1.165, 1.54) is 60.9 Å². The van der Waals surface area contributed by atoms with Crippen LogP contribution in [0.25, 0.3) is 11.4 Å². The average molecular weight is 1440 g/mol. The van der Waals surface area contributed by atoms with E-state index in [0.29, 0.717) is 67.0 Å². The van der Waals surface area contributed by atoms with Crippen molar-refractivity contribution in [3.05, 3.63) is 299 Å². The van der Waals surface area contributed by atoms with Gasteiger partial charge in [-0.1, -0.05) is 72.8 Å². The number of nitrogens with zero attached hydrogens (tertiary/aromatic N) is 6. The van der Waals surface area contributed by atoms with Gasteiger partial charge in [0, 0.05) is 170 Å². The normalized spacial score (nSPS) is 12.2. The van der Waals surface area contributed by atoms with Crippen molar-refractivity contribution in [2.24, 2.45) is 0 Å². The van der Waals surface area contributed by atoms with Gasteiger partial charge in [-0.3, -0.25) is 60.0 Å². The lowest BCUT2D eigenvalue weighted by Crippen LogP contribution is -2.29. The minimum Gasteiger partial charge on any atom is -0.507 e. The Morgan fingerprint density at radius 2 is 0.557 bits per heavy atom. The summed E-state index contributed by atoms with van der Waals surface area (Å²) in [6, 6.07) is 35.3. The molecule has 12 rings (SSSR count). The van der Waals surface area contributed by atoms with E-state index in [2.05, 4.69) is 20.6 Å². The monoisotopic (exact) mass is 1440 g/mol. The van der Waals surface area contributed by atoms with E-state index in [9.17, 15) is 90.3 Å². The first kappa shape index (κ1) is 71.8. The second-order valence-corrected chi connectivity index (χ2v) is 25.1. The molecule has 8 N–H and O–H groups in total. The average Bonchev–Trinajstić information content (AvgIpc) is 0.784. The molecule has 0 aliphatic heterocycles. The van der Waals surface area contributed by atoms with Gasteiger partial charge in [0.05, 0.1) is 31.1 Å². The van der Waals surface area contributed by atoms with Crippen LogP contribution < -0.4 is 29.6 Å². The van der Waals surface area contributed by atoms with Crippen molar-refractivity contribution in [1.82, 2.24) is 20.6 Å². The highest BCUT2D eigenvalue weighted by atomic mass is 16.6. The smallest absolute Gasteiger partial charge is 0.341 e. The molecular weight excluding hydrogens is 1380 g/mol. The Hall–Kier alpha value is -14.1. The Morgan fingerprint density at radius 1 is 0.340 bits per heavy atom. The summed E-state index contributed by atoms with van der Waals surface area (Å²) in [5.74, 6) is -5.00. The third-order valence-electron chi connectivity index (χ3n) is 17.9. The molecule has 0 saturated heterocycles. The predicted molar refractivity (Wildman–Crippen MR) is 376 cm³/mol. The number of nitrogens with one attached hydrogen (secondary N) is 2. The molecule has 0 radical (unpaired) electrons. The molecule has 538 valence electrons. The number of aromatic nitrogens is 2. The van der Waals surface area contributed by atoms with E-state index >= 15 is 0 Å². The highest BCUT2D eigenvalue weighted by Gasteiger charge is 2.29. The molecule has 0 spiro atoms. The van der Waals surface area contributed by atoms with Crippen LogP contribution in [-0.2, 0) is 83.6 Å². The van der Waals surface area contributed by atoms with Crippen LogP contribution in [-0.4, -0.2) is 110 Å². The summed E-state index contributed by atoms with van der Waals surface area (Å²) in [7, 11) is 0. The van der Waals surface area contributed by atoms with E-state index in [1.807, 2.05) is 0 Å². The number of para-hydroxylation sites is 4. The van der Waals surface area contributed by atoms with E-state index in [0.717, 1.165) is 0 Å². The summed E-state index contributed by atoms with van der Waals surface area (Å²) in [5.41, 5.74) is 3.48. The van der Waals surface area contributed by atoms with Crippen molar-refractivity contribution in [1.29, 1.82) is 0 Å². The van der Waals surface area contributed by atoms with Crippen LogP contribution in [0.2, 0.25) is 0 Å². The minimum atomic E-state index is -1.33. The third kappa shape index (κ3) is 16.5. The summed E-state index contributed by atoms with van der Waals surface area (Å²) in [6.07, 6.45) is 1.30. The maximum Gasteiger partial charge on any atom is 0.341 e. The number of carboxylic acid groups (broad SMARTS) is 2. The van der Waals surface area contributed by atoms with Gasteiger partial charge in [-0.15, -0.1) is 0 Å². The number of benzene rings is 8. The maximum atomic E-state index is 13.9. The van der Waals surface area contributed by atoms with Gasteiger partial charge in [0.15, 0.2) is 26.4 Å². The second-order valence-electron chi connectivity index (χ2n) is 25.1. The number of phenolic OH excluding ortho intramolecular Hbond substituents is 4. The summed E-state index contributed by atoms with van der Waals surface area (Å²) < 4.78 is 24.2. The van der Waals surface area contributed by atoms with Crippen LogP contribution in [0.3, 0.4) is 0 Å². The molecule has 0 saturated carbocycles. The number of carbonyl (C=O) groups is 4. The highest BCUT2D eigenvalue weighted by molar-refractivity contribution is 5.79. The molecule has 2 amide bonds. The molecule has 30 nitrogen and oxygen atoms in total. The van der Waals surface area contributed by atoms with Gasteiger partial charge in [0.2, 0.25) is 0 Å². The molecule has 0 atom stereocenters. The van der Waals surface area contributed by atoms with E-state index in [4.69, 9.17) is 18.9 Å². The molecule has 16 bridgehead atoms. The zero-order chi connectivity index (χ0) is 75.0. The molecule has 30 heteroatoms. The first-order valence-corrected chi connectivity index (χ1v) is 32.7. The predicted octanol–water partition coefficient (Wildman–Crippen LogP) is 10.3. The standard InChI is InChI=1S/C76H62N8O22/c85-65(37-103-73-43-5-1-6-44(73)20-52-28-60(82(97)98)32-56(70(52)92)24-48-10-3-9-47(75(48)105-39-67(87)88)23-55-31-59(81(95)96)27-51(19-43)69(55)91)79-35-41-13-15-77-63(17-41)64-18-42(14-16-78-64)36-80-66(86)38-104-74-45-7-2-8-46(74)22-54-30-62(84(101)102)34-58(72(54)94)26-50-12-4-11-49(76(50)106-40-68(89)90)25-57-33-61(83(99)100)29-53(21-45)71(57)93/h1-18,27-34,91-94H,19-26,35-40H2,(H,79,85)(H,80,86)(H,87,88)(H,89,90). The van der Waals surface area contributed by atoms with E-state index in [1.54, 1.807) is 97.1 Å². The number of carboxylic acids is 2. The quantitative estimate of drug-likeness (QED) is 0.0245. The van der Waals surface area contributed by atoms with Crippen LogP contribution in [0.4, 0.5) is 22.7 Å². The number of amides is 2. The van der Waals surface area contributed by atoms with Crippen LogP contribution in [0.1, 0.15) is 100 Å². The molecular formula is C76H62N8O22. The molecule has 10 aromatic rings. The van der Waals surface area contributed by atoms with Crippen LogP contribution in [0, 0.1) is 40.5 Å². The van der Waals surface area contributed by atoms with Crippen LogP contribution in [0.5, 0.6) is 46.0 Å². The second kappa shape index (κ2) is 31.0.